The zero-order valence-corrected chi connectivity index (χ0v) is 22.9. The van der Waals surface area contributed by atoms with Crippen molar-refractivity contribution in [3.8, 4) is 22.8 Å². The van der Waals surface area contributed by atoms with Crippen molar-refractivity contribution < 1.29 is 42.0 Å². The molecule has 1 amide bonds. The first-order valence-electron chi connectivity index (χ1n) is 12.8. The number of amides is 1. The van der Waals surface area contributed by atoms with Gasteiger partial charge in [-0.1, -0.05) is 6.07 Å². The molecule has 3 aromatic rings. The number of carbonyl (C=O) groups is 1. The highest BCUT2D eigenvalue weighted by atomic mass is 19.4. The van der Waals surface area contributed by atoms with Crippen LogP contribution in [0.3, 0.4) is 0 Å². The van der Waals surface area contributed by atoms with Crippen molar-refractivity contribution in [2.75, 3.05) is 33.4 Å². The number of hydrogen-bond acceptors (Lipinski definition) is 7. The molecule has 2 atom stereocenters. The Kier molecular flexibility index (Phi) is 10.3. The van der Waals surface area contributed by atoms with Crippen LogP contribution in [0.5, 0.6) is 11.5 Å². The van der Waals surface area contributed by atoms with E-state index in [2.05, 4.69) is 10.3 Å². The van der Waals surface area contributed by atoms with Crippen LogP contribution >= 0.6 is 0 Å². The monoisotopic (exact) mass is 579 g/mol. The van der Waals surface area contributed by atoms with Crippen LogP contribution in [-0.4, -0.2) is 61.2 Å². The third-order valence-electron chi connectivity index (χ3n) is 6.74. The maximum absolute atomic E-state index is 13.7. The lowest BCUT2D eigenvalue weighted by molar-refractivity contribution is -0.265. The fourth-order valence-electron chi connectivity index (χ4n) is 4.15. The van der Waals surface area contributed by atoms with Gasteiger partial charge in [0, 0.05) is 11.1 Å². The number of rotatable bonds is 10. The van der Waals surface area contributed by atoms with Gasteiger partial charge in [0.25, 0.3) is 0 Å². The Morgan fingerprint density at radius 3 is 2.34 bits per heavy atom. The van der Waals surface area contributed by atoms with Gasteiger partial charge in [-0.25, -0.2) is 9.37 Å². The molecule has 2 unspecified atom stereocenters. The summed E-state index contributed by atoms with van der Waals surface area (Å²) >= 11 is 0. The summed E-state index contributed by atoms with van der Waals surface area (Å²) in [6.07, 6.45) is -4.31. The van der Waals surface area contributed by atoms with Crippen LogP contribution in [0.25, 0.3) is 11.3 Å². The van der Waals surface area contributed by atoms with Crippen LogP contribution in [0.1, 0.15) is 30.2 Å². The van der Waals surface area contributed by atoms with Gasteiger partial charge in [-0.15, -0.1) is 0 Å². The quantitative estimate of drug-likeness (QED) is 0.213. The van der Waals surface area contributed by atoms with Crippen LogP contribution in [0.2, 0.25) is 0 Å². The molecule has 4 rings (SSSR count). The summed E-state index contributed by atoms with van der Waals surface area (Å²) < 4.78 is 64.8. The zero-order chi connectivity index (χ0) is 30.3. The van der Waals surface area contributed by atoms with Crippen molar-refractivity contribution in [2.45, 2.75) is 37.6 Å². The van der Waals surface area contributed by atoms with E-state index in [9.17, 15) is 27.5 Å². The molecule has 0 spiro atoms. The molecule has 1 fully saturated rings. The summed E-state index contributed by atoms with van der Waals surface area (Å²) in [5.74, 6) is 0.880. The second-order valence-corrected chi connectivity index (χ2v) is 9.73. The molecule has 0 bridgehead atoms. The summed E-state index contributed by atoms with van der Waals surface area (Å²) in [4.78, 5) is 14.6. The summed E-state index contributed by atoms with van der Waals surface area (Å²) in [7, 11) is 1.60. The Bertz CT molecular complexity index is 1320. The third-order valence-corrected chi connectivity index (χ3v) is 6.74. The Balaban J connectivity index is 0.000000298. The number of aliphatic hydroxyl groups is 2. The smallest absolute Gasteiger partial charge is 0.424 e. The van der Waals surface area contributed by atoms with Gasteiger partial charge in [0.2, 0.25) is 12.0 Å². The number of hydrogen-bond donors (Lipinski definition) is 4. The fourth-order valence-corrected chi connectivity index (χ4v) is 4.15. The summed E-state index contributed by atoms with van der Waals surface area (Å²) in [5.41, 5.74) is -2.39. The minimum absolute atomic E-state index is 0.0109. The highest BCUT2D eigenvalue weighted by Gasteiger charge is 2.56. The molecule has 1 aliphatic rings. The van der Waals surface area contributed by atoms with E-state index in [1.165, 1.54) is 30.3 Å². The van der Waals surface area contributed by atoms with E-state index in [0.717, 1.165) is 5.56 Å². The molecule has 1 aliphatic heterocycles. The van der Waals surface area contributed by atoms with E-state index >= 15 is 0 Å². The Morgan fingerprint density at radius 2 is 1.80 bits per heavy atom. The first-order chi connectivity index (χ1) is 19.4. The number of pyridine rings is 1. The number of aromatic nitrogens is 1. The highest BCUT2D eigenvalue weighted by molar-refractivity contribution is 5.61. The molecule has 12 heteroatoms. The van der Waals surface area contributed by atoms with Gasteiger partial charge in [0.05, 0.1) is 31.6 Å². The molecule has 0 radical (unpaired) electrons. The minimum atomic E-state index is -5.08. The molecule has 1 saturated heterocycles. The second-order valence-electron chi connectivity index (χ2n) is 9.73. The van der Waals surface area contributed by atoms with Gasteiger partial charge in [-0.3, -0.25) is 4.79 Å². The SMILES string of the molecule is CC1(c2cc(-c3ccc(F)cc3)nc(C(O)(CNC=O)C(F)(F)F)c2)CCN1.COc1cc(C)ccc1OCCO. The molecule has 2 aromatic carbocycles. The van der Waals surface area contributed by atoms with E-state index in [1.807, 2.05) is 37.4 Å². The van der Waals surface area contributed by atoms with E-state index in [1.54, 1.807) is 13.2 Å². The van der Waals surface area contributed by atoms with Crippen LogP contribution in [0.4, 0.5) is 17.6 Å². The molecule has 4 N–H and O–H groups in total. The molecular formula is C29H33F4N3O5. The maximum atomic E-state index is 13.7. The highest BCUT2D eigenvalue weighted by Crippen LogP contribution is 2.41. The topological polar surface area (TPSA) is 113 Å². The van der Waals surface area contributed by atoms with Crippen molar-refractivity contribution in [3.63, 3.8) is 0 Å². The molecule has 1 aromatic heterocycles. The fraction of sp³-hybridized carbons (Fsp3) is 0.379. The molecule has 2 heterocycles. The number of benzene rings is 2. The standard InChI is InChI=1S/C19H19F4N3O2.C10H14O3/c1-17(6-7-25-17)13-8-15(12-2-4-14(20)5-3-12)26-16(9-13)18(28,10-24-11-27)19(21,22)23;1-8-3-4-9(13-6-5-11)10(7-8)12-2/h2-5,8-9,11,25,28H,6-7,10H2,1H3,(H,24,27);3-4,7,11H,5-6H2,1-2H3. The lowest BCUT2D eigenvalue weighted by Gasteiger charge is -2.41. The van der Waals surface area contributed by atoms with Gasteiger partial charge in [-0.05, 0) is 86.5 Å². The zero-order valence-electron chi connectivity index (χ0n) is 22.9. The van der Waals surface area contributed by atoms with Crippen LogP contribution in [0.15, 0.2) is 54.6 Å². The lowest BCUT2D eigenvalue weighted by atomic mass is 9.81. The first-order valence-corrected chi connectivity index (χ1v) is 12.8. The number of aryl methyl sites for hydroxylation is 1. The number of aliphatic hydroxyl groups excluding tert-OH is 1. The Labute approximate surface area is 235 Å². The van der Waals surface area contributed by atoms with E-state index in [-0.39, 0.29) is 18.7 Å². The number of methoxy groups -OCH3 is 1. The van der Waals surface area contributed by atoms with E-state index in [0.29, 0.717) is 42.2 Å². The summed E-state index contributed by atoms with van der Waals surface area (Å²) in [6.45, 7) is 3.74. The molecule has 0 saturated carbocycles. The normalized spacial score (nSPS) is 17.8. The number of nitrogens with one attached hydrogen (secondary N) is 2. The molecule has 8 nitrogen and oxygen atoms in total. The number of carbonyl (C=O) groups excluding carboxylic acids is 1. The van der Waals surface area contributed by atoms with Gasteiger partial charge >= 0.3 is 6.18 Å². The van der Waals surface area contributed by atoms with Crippen molar-refractivity contribution in [1.29, 1.82) is 0 Å². The van der Waals surface area contributed by atoms with Crippen molar-refractivity contribution in [1.82, 2.24) is 15.6 Å². The number of ether oxygens (including phenoxy) is 2. The Hall–Kier alpha value is -3.74. The van der Waals surface area contributed by atoms with Gasteiger partial charge in [-0.2, -0.15) is 13.2 Å². The molecule has 41 heavy (non-hydrogen) atoms. The summed E-state index contributed by atoms with van der Waals surface area (Å²) in [5, 5.41) is 24.1. The van der Waals surface area contributed by atoms with Gasteiger partial charge in [0.15, 0.2) is 11.5 Å². The van der Waals surface area contributed by atoms with E-state index < -0.39 is 35.4 Å². The Morgan fingerprint density at radius 1 is 1.12 bits per heavy atom. The average Bonchev–Trinajstić information content (AvgIpc) is 2.93. The van der Waals surface area contributed by atoms with Crippen LogP contribution < -0.4 is 20.1 Å². The largest absolute Gasteiger partial charge is 0.493 e. The molecule has 0 aliphatic carbocycles. The molecule has 222 valence electrons. The number of nitrogens with zero attached hydrogens (tertiary/aromatic N) is 1. The van der Waals surface area contributed by atoms with E-state index in [4.69, 9.17) is 14.6 Å². The van der Waals surface area contributed by atoms with Crippen molar-refractivity contribution >= 4 is 6.41 Å². The summed E-state index contributed by atoms with van der Waals surface area (Å²) in [6, 6.07) is 13.6. The molecular weight excluding hydrogens is 546 g/mol. The first kappa shape index (κ1) is 31.8. The number of halogens is 4. The van der Waals surface area contributed by atoms with Crippen molar-refractivity contribution in [3.05, 3.63) is 77.2 Å². The predicted molar refractivity (Wildman–Crippen MR) is 144 cm³/mol. The van der Waals surface area contributed by atoms with Crippen LogP contribution in [-0.2, 0) is 15.9 Å². The van der Waals surface area contributed by atoms with Crippen LogP contribution in [0, 0.1) is 12.7 Å². The van der Waals surface area contributed by atoms with Gasteiger partial charge in [0.1, 0.15) is 12.4 Å². The maximum Gasteiger partial charge on any atom is 0.424 e. The van der Waals surface area contributed by atoms with Crippen molar-refractivity contribution in [2.24, 2.45) is 0 Å². The lowest BCUT2D eigenvalue weighted by Crippen LogP contribution is -2.53. The second kappa shape index (κ2) is 13.3. The third kappa shape index (κ3) is 7.51. The average molecular weight is 580 g/mol. The minimum Gasteiger partial charge on any atom is -0.493 e. The number of alkyl halides is 3. The van der Waals surface area contributed by atoms with Gasteiger partial charge < -0.3 is 30.3 Å². The predicted octanol–water partition coefficient (Wildman–Crippen LogP) is 3.97.